The van der Waals surface area contributed by atoms with Crippen molar-refractivity contribution >= 4 is 28.9 Å². The van der Waals surface area contributed by atoms with E-state index in [-0.39, 0.29) is 11.7 Å². The zero-order chi connectivity index (χ0) is 14.8. The first-order valence-corrected chi connectivity index (χ1v) is 8.96. The Morgan fingerprint density at radius 2 is 2.38 bits per heavy atom. The van der Waals surface area contributed by atoms with Gasteiger partial charge in [-0.3, -0.25) is 4.79 Å². The van der Waals surface area contributed by atoms with Crippen LogP contribution in [0.25, 0.3) is 0 Å². The summed E-state index contributed by atoms with van der Waals surface area (Å²) in [5.74, 6) is 0.921. The molecule has 1 N–H and O–H groups in total. The first-order chi connectivity index (χ1) is 10.3. The van der Waals surface area contributed by atoms with Gasteiger partial charge < -0.3 is 5.32 Å². The van der Waals surface area contributed by atoms with E-state index in [0.717, 1.165) is 39.8 Å². The van der Waals surface area contributed by atoms with Gasteiger partial charge >= 0.3 is 0 Å². The monoisotopic (exact) mass is 316 g/mol. The van der Waals surface area contributed by atoms with E-state index in [1.165, 1.54) is 0 Å². The Morgan fingerprint density at radius 3 is 3.05 bits per heavy atom. The van der Waals surface area contributed by atoms with Gasteiger partial charge in [-0.15, -0.1) is 23.1 Å². The first kappa shape index (κ1) is 14.4. The molecule has 1 atom stereocenters. The molecule has 21 heavy (non-hydrogen) atoms. The second kappa shape index (κ2) is 6.08. The predicted octanol–water partition coefficient (Wildman–Crippen LogP) is 3.93. The van der Waals surface area contributed by atoms with E-state index < -0.39 is 0 Å². The van der Waals surface area contributed by atoms with Crippen LogP contribution in [0.4, 0.5) is 0 Å². The Hall–Kier alpha value is -1.51. The molecule has 0 radical (unpaired) electrons. The highest BCUT2D eigenvalue weighted by molar-refractivity contribution is 8.03. The van der Waals surface area contributed by atoms with Crippen molar-refractivity contribution in [1.29, 1.82) is 5.26 Å². The standard InChI is InChI=1S/C16H16N2OS2/c1-2-20-16-10(9-17)14(13-7-4-8-21-13)15-11(18-16)5-3-6-12(15)19/h4,7-8,14,18H,2-3,5-6H2,1H3/t14-/m0/s1. The Balaban J connectivity index is 2.15. The smallest absolute Gasteiger partial charge is 0.161 e. The van der Waals surface area contributed by atoms with Gasteiger partial charge in [0.15, 0.2) is 5.78 Å². The lowest BCUT2D eigenvalue weighted by atomic mass is 9.79. The van der Waals surface area contributed by atoms with Crippen LogP contribution in [0.5, 0.6) is 0 Å². The zero-order valence-electron chi connectivity index (χ0n) is 11.8. The molecule has 0 amide bonds. The third-order valence-electron chi connectivity index (χ3n) is 3.78. The molecule has 0 saturated carbocycles. The molecule has 3 rings (SSSR count). The van der Waals surface area contributed by atoms with E-state index in [4.69, 9.17) is 0 Å². The summed E-state index contributed by atoms with van der Waals surface area (Å²) < 4.78 is 0. The largest absolute Gasteiger partial charge is 0.352 e. The summed E-state index contributed by atoms with van der Waals surface area (Å²) in [5.41, 5.74) is 2.54. The van der Waals surface area contributed by atoms with Gasteiger partial charge in [-0.2, -0.15) is 5.26 Å². The Kier molecular flexibility index (Phi) is 4.18. The number of carbonyl (C=O) groups is 1. The summed E-state index contributed by atoms with van der Waals surface area (Å²) in [6, 6.07) is 6.36. The maximum atomic E-state index is 12.4. The van der Waals surface area contributed by atoms with Crippen LogP contribution in [0, 0.1) is 11.3 Å². The normalized spacial score (nSPS) is 21.9. The number of nitriles is 1. The molecule has 0 bridgehead atoms. The maximum Gasteiger partial charge on any atom is 0.161 e. The number of thiophene rings is 1. The Labute approximate surface area is 132 Å². The van der Waals surface area contributed by atoms with Gasteiger partial charge in [0.1, 0.15) is 0 Å². The van der Waals surface area contributed by atoms with Crippen molar-refractivity contribution in [2.75, 3.05) is 5.75 Å². The van der Waals surface area contributed by atoms with E-state index in [0.29, 0.717) is 12.0 Å². The number of nitrogens with one attached hydrogen (secondary N) is 1. The van der Waals surface area contributed by atoms with Crippen LogP contribution in [0.1, 0.15) is 37.0 Å². The van der Waals surface area contributed by atoms with Gasteiger partial charge in [-0.05, 0) is 30.0 Å². The first-order valence-electron chi connectivity index (χ1n) is 7.10. The van der Waals surface area contributed by atoms with Gasteiger partial charge in [0.2, 0.25) is 0 Å². The van der Waals surface area contributed by atoms with Crippen LogP contribution in [0.2, 0.25) is 0 Å². The SMILES string of the molecule is CCSC1=C(C#N)[C@@H](c2cccs2)C2=C(CCCC2=O)N1. The lowest BCUT2D eigenvalue weighted by Crippen LogP contribution is -2.31. The molecule has 0 aromatic carbocycles. The summed E-state index contributed by atoms with van der Waals surface area (Å²) in [7, 11) is 0. The maximum absolute atomic E-state index is 12.4. The van der Waals surface area contributed by atoms with Crippen molar-refractivity contribution in [3.8, 4) is 6.07 Å². The summed E-state index contributed by atoms with van der Waals surface area (Å²) in [6.45, 7) is 2.07. The number of thioether (sulfide) groups is 1. The highest BCUT2D eigenvalue weighted by Crippen LogP contribution is 2.45. The van der Waals surface area contributed by atoms with Gasteiger partial charge in [0.05, 0.1) is 22.6 Å². The lowest BCUT2D eigenvalue weighted by Gasteiger charge is -2.32. The summed E-state index contributed by atoms with van der Waals surface area (Å²) in [6.07, 6.45) is 2.39. The fraction of sp³-hybridized carbons (Fsp3) is 0.375. The van der Waals surface area contributed by atoms with Crippen LogP contribution >= 0.6 is 23.1 Å². The molecule has 0 saturated heterocycles. The topological polar surface area (TPSA) is 52.9 Å². The minimum Gasteiger partial charge on any atom is -0.352 e. The van der Waals surface area contributed by atoms with Crippen LogP contribution in [-0.2, 0) is 4.79 Å². The molecule has 2 heterocycles. The molecule has 0 fully saturated rings. The Morgan fingerprint density at radius 1 is 1.52 bits per heavy atom. The third kappa shape index (κ3) is 2.54. The van der Waals surface area contributed by atoms with Crippen molar-refractivity contribution < 1.29 is 4.79 Å². The fourth-order valence-corrected chi connectivity index (χ4v) is 4.57. The minimum atomic E-state index is -0.173. The number of dihydropyridines is 1. The summed E-state index contributed by atoms with van der Waals surface area (Å²) in [5, 5.41) is 15.9. The van der Waals surface area contributed by atoms with Crippen LogP contribution in [0.3, 0.4) is 0 Å². The number of allylic oxidation sites excluding steroid dienone is 3. The van der Waals surface area contributed by atoms with Crippen molar-refractivity contribution in [2.24, 2.45) is 0 Å². The fourth-order valence-electron chi connectivity index (χ4n) is 2.92. The van der Waals surface area contributed by atoms with Gasteiger partial charge in [-0.1, -0.05) is 13.0 Å². The molecule has 1 aliphatic carbocycles. The highest BCUT2D eigenvalue weighted by atomic mass is 32.2. The van der Waals surface area contributed by atoms with Crippen molar-refractivity contribution in [2.45, 2.75) is 32.1 Å². The molecule has 3 nitrogen and oxygen atoms in total. The number of Topliss-reactive ketones (excluding diaryl/α,β-unsaturated/α-hetero) is 1. The van der Waals surface area contributed by atoms with Gasteiger partial charge in [0, 0.05) is 22.6 Å². The molecule has 0 spiro atoms. The minimum absolute atomic E-state index is 0.173. The molecule has 1 aliphatic heterocycles. The number of ketones is 1. The number of rotatable bonds is 3. The van der Waals surface area contributed by atoms with E-state index in [9.17, 15) is 10.1 Å². The molecule has 1 aromatic heterocycles. The molecule has 1 aromatic rings. The second-order valence-corrected chi connectivity index (χ2v) is 7.28. The van der Waals surface area contributed by atoms with Gasteiger partial charge in [0.25, 0.3) is 0 Å². The van der Waals surface area contributed by atoms with E-state index in [2.05, 4.69) is 18.3 Å². The zero-order valence-corrected chi connectivity index (χ0v) is 13.4. The van der Waals surface area contributed by atoms with Crippen molar-refractivity contribution in [3.05, 3.63) is 44.3 Å². The van der Waals surface area contributed by atoms with Crippen LogP contribution in [-0.4, -0.2) is 11.5 Å². The van der Waals surface area contributed by atoms with Crippen molar-refractivity contribution in [1.82, 2.24) is 5.32 Å². The lowest BCUT2D eigenvalue weighted by molar-refractivity contribution is -0.116. The molecule has 0 unspecified atom stereocenters. The van der Waals surface area contributed by atoms with Gasteiger partial charge in [-0.25, -0.2) is 0 Å². The van der Waals surface area contributed by atoms with Crippen LogP contribution in [0.15, 0.2) is 39.4 Å². The molecular formula is C16H16N2OS2. The summed E-state index contributed by atoms with van der Waals surface area (Å²) >= 11 is 3.27. The number of nitrogens with zero attached hydrogens (tertiary/aromatic N) is 1. The second-order valence-electron chi connectivity index (χ2n) is 5.03. The summed E-state index contributed by atoms with van der Waals surface area (Å²) in [4.78, 5) is 13.5. The number of carbonyl (C=O) groups excluding carboxylic acids is 1. The molecule has 2 aliphatic rings. The molecular weight excluding hydrogens is 300 g/mol. The van der Waals surface area contributed by atoms with E-state index >= 15 is 0 Å². The Bertz CT molecular complexity index is 665. The molecule has 5 heteroatoms. The average molecular weight is 316 g/mol. The average Bonchev–Trinajstić information content (AvgIpc) is 3.00. The third-order valence-corrected chi connectivity index (χ3v) is 5.62. The number of hydrogen-bond donors (Lipinski definition) is 1. The van der Waals surface area contributed by atoms with Crippen LogP contribution < -0.4 is 5.32 Å². The van der Waals surface area contributed by atoms with E-state index in [1.54, 1.807) is 23.1 Å². The quantitative estimate of drug-likeness (QED) is 0.918. The number of hydrogen-bond acceptors (Lipinski definition) is 5. The highest BCUT2D eigenvalue weighted by Gasteiger charge is 2.37. The van der Waals surface area contributed by atoms with E-state index in [1.807, 2.05) is 17.5 Å². The molecule has 108 valence electrons. The predicted molar refractivity (Wildman–Crippen MR) is 86.9 cm³/mol. The van der Waals surface area contributed by atoms with Crippen molar-refractivity contribution in [3.63, 3.8) is 0 Å².